The van der Waals surface area contributed by atoms with Crippen LogP contribution in [0.3, 0.4) is 0 Å². The molecule has 29 heavy (non-hydrogen) atoms. The molecule has 8 nitrogen and oxygen atoms in total. The second kappa shape index (κ2) is 7.85. The molecule has 3 rings (SSSR count). The summed E-state index contributed by atoms with van der Waals surface area (Å²) in [5.74, 6) is -1.13. The molecule has 0 unspecified atom stereocenters. The van der Waals surface area contributed by atoms with Gasteiger partial charge in [-0.05, 0) is 44.7 Å². The fourth-order valence-corrected chi connectivity index (χ4v) is 4.25. The number of nitrogens with zero attached hydrogens (tertiary/aromatic N) is 2. The number of carbonyl (C=O) groups excluding carboxylic acids is 4. The van der Waals surface area contributed by atoms with Gasteiger partial charge in [0.15, 0.2) is 0 Å². The molecule has 0 radical (unpaired) electrons. The predicted octanol–water partition coefficient (Wildman–Crippen LogP) is 1.87. The van der Waals surface area contributed by atoms with Crippen LogP contribution in [0.4, 0.5) is 10.5 Å². The Bertz CT molecular complexity index is 850. The number of aryl methyl sites for hydroxylation is 3. The normalized spacial score (nSPS) is 17.6. The first-order chi connectivity index (χ1) is 13.6. The van der Waals surface area contributed by atoms with Crippen molar-refractivity contribution in [2.75, 3.05) is 25.5 Å². The van der Waals surface area contributed by atoms with E-state index in [-0.39, 0.29) is 24.9 Å². The van der Waals surface area contributed by atoms with Gasteiger partial charge < -0.3 is 15.5 Å². The number of amides is 5. The van der Waals surface area contributed by atoms with E-state index in [9.17, 15) is 19.2 Å². The van der Waals surface area contributed by atoms with Crippen LogP contribution in [0.25, 0.3) is 0 Å². The van der Waals surface area contributed by atoms with Crippen molar-refractivity contribution in [2.24, 2.45) is 0 Å². The van der Waals surface area contributed by atoms with Gasteiger partial charge in [0.2, 0.25) is 11.8 Å². The third kappa shape index (κ3) is 4.11. The van der Waals surface area contributed by atoms with Crippen molar-refractivity contribution in [3.05, 3.63) is 28.8 Å². The van der Waals surface area contributed by atoms with Crippen LogP contribution in [-0.4, -0.2) is 59.2 Å². The number of nitrogens with one attached hydrogen (secondary N) is 2. The van der Waals surface area contributed by atoms with Gasteiger partial charge in [0.1, 0.15) is 12.1 Å². The van der Waals surface area contributed by atoms with Crippen molar-refractivity contribution in [3.63, 3.8) is 0 Å². The van der Waals surface area contributed by atoms with Crippen LogP contribution in [0.15, 0.2) is 12.1 Å². The molecule has 8 heteroatoms. The first-order valence-electron chi connectivity index (χ1n) is 9.89. The van der Waals surface area contributed by atoms with Crippen LogP contribution in [-0.2, 0) is 14.4 Å². The van der Waals surface area contributed by atoms with E-state index in [2.05, 4.69) is 10.6 Å². The van der Waals surface area contributed by atoms with Gasteiger partial charge in [-0.15, -0.1) is 0 Å². The topological polar surface area (TPSA) is 98.8 Å². The monoisotopic (exact) mass is 400 g/mol. The third-order valence-electron chi connectivity index (χ3n) is 5.74. The molecule has 0 atom stereocenters. The van der Waals surface area contributed by atoms with Crippen molar-refractivity contribution in [1.29, 1.82) is 0 Å². The van der Waals surface area contributed by atoms with E-state index in [0.717, 1.165) is 40.1 Å². The summed E-state index contributed by atoms with van der Waals surface area (Å²) in [6, 6.07) is 3.43. The number of rotatable bonds is 5. The SMILES string of the molecule is Cc1cc(C)c(NC(=O)CN(C)C(=O)CN2C(=O)NC3(CCCC3)C2=O)c(C)c1. The molecule has 1 spiro atoms. The quantitative estimate of drug-likeness (QED) is 0.737. The minimum Gasteiger partial charge on any atom is -0.335 e. The highest BCUT2D eigenvalue weighted by atomic mass is 16.2. The maximum atomic E-state index is 12.7. The van der Waals surface area contributed by atoms with Gasteiger partial charge in [0, 0.05) is 12.7 Å². The van der Waals surface area contributed by atoms with Gasteiger partial charge in [-0.25, -0.2) is 4.79 Å². The number of hydrogen-bond donors (Lipinski definition) is 2. The molecule has 2 N–H and O–H groups in total. The zero-order valence-electron chi connectivity index (χ0n) is 17.4. The number of urea groups is 1. The van der Waals surface area contributed by atoms with Crippen molar-refractivity contribution in [2.45, 2.75) is 52.0 Å². The van der Waals surface area contributed by atoms with Gasteiger partial charge in [-0.1, -0.05) is 30.5 Å². The van der Waals surface area contributed by atoms with Gasteiger partial charge in [0.25, 0.3) is 5.91 Å². The molecule has 0 aromatic heterocycles. The summed E-state index contributed by atoms with van der Waals surface area (Å²) >= 11 is 0. The Morgan fingerprint density at radius 1 is 1.14 bits per heavy atom. The second-order valence-electron chi connectivity index (χ2n) is 8.18. The molecule has 1 heterocycles. The maximum Gasteiger partial charge on any atom is 0.325 e. The summed E-state index contributed by atoms with van der Waals surface area (Å²) < 4.78 is 0. The molecular formula is C21H28N4O4. The molecule has 1 aliphatic heterocycles. The number of likely N-dealkylation sites (N-methyl/N-ethyl adjacent to an activating group) is 1. The average Bonchev–Trinajstić information content (AvgIpc) is 3.19. The van der Waals surface area contributed by atoms with E-state index in [1.807, 2.05) is 32.9 Å². The van der Waals surface area contributed by atoms with Crippen molar-refractivity contribution in [3.8, 4) is 0 Å². The van der Waals surface area contributed by atoms with Crippen LogP contribution in [0.1, 0.15) is 42.4 Å². The molecule has 156 valence electrons. The average molecular weight is 400 g/mol. The van der Waals surface area contributed by atoms with Crippen molar-refractivity contribution >= 4 is 29.4 Å². The van der Waals surface area contributed by atoms with Gasteiger partial charge in [-0.2, -0.15) is 0 Å². The van der Waals surface area contributed by atoms with Gasteiger partial charge in [0.05, 0.1) is 6.54 Å². The van der Waals surface area contributed by atoms with E-state index in [0.29, 0.717) is 12.8 Å². The molecular weight excluding hydrogens is 372 g/mol. The Morgan fingerprint density at radius 3 is 2.31 bits per heavy atom. The molecule has 0 bridgehead atoms. The maximum absolute atomic E-state index is 12.7. The summed E-state index contributed by atoms with van der Waals surface area (Å²) in [7, 11) is 1.49. The summed E-state index contributed by atoms with van der Waals surface area (Å²) in [5, 5.41) is 5.60. The minimum absolute atomic E-state index is 0.166. The Kier molecular flexibility index (Phi) is 5.64. The summed E-state index contributed by atoms with van der Waals surface area (Å²) in [5.41, 5.74) is 2.91. The molecule has 1 saturated carbocycles. The Hall–Kier alpha value is -2.90. The first-order valence-corrected chi connectivity index (χ1v) is 9.89. The molecule has 2 aliphatic rings. The van der Waals surface area contributed by atoms with E-state index < -0.39 is 17.5 Å². The standard InChI is InChI=1S/C21H28N4O4/c1-13-9-14(2)18(15(3)10-13)22-16(26)11-24(4)17(27)12-25-19(28)21(23-20(25)29)7-5-6-8-21/h9-10H,5-8,11-12H2,1-4H3,(H,22,26)(H,23,29). The minimum atomic E-state index is -0.839. The summed E-state index contributed by atoms with van der Waals surface area (Å²) in [6.45, 7) is 5.30. The Morgan fingerprint density at radius 2 is 1.72 bits per heavy atom. The van der Waals surface area contributed by atoms with E-state index >= 15 is 0 Å². The Labute approximate surface area is 170 Å². The van der Waals surface area contributed by atoms with Crippen molar-refractivity contribution in [1.82, 2.24) is 15.1 Å². The van der Waals surface area contributed by atoms with E-state index in [1.165, 1.54) is 11.9 Å². The lowest BCUT2D eigenvalue weighted by atomic mass is 9.98. The molecule has 1 aromatic rings. The lowest BCUT2D eigenvalue weighted by molar-refractivity contribution is -0.139. The third-order valence-corrected chi connectivity index (χ3v) is 5.74. The molecule has 1 aliphatic carbocycles. The molecule has 1 saturated heterocycles. The second-order valence-corrected chi connectivity index (χ2v) is 8.18. The lowest BCUT2D eigenvalue weighted by Crippen LogP contribution is -2.46. The van der Waals surface area contributed by atoms with Crippen LogP contribution in [0.5, 0.6) is 0 Å². The summed E-state index contributed by atoms with van der Waals surface area (Å²) in [4.78, 5) is 52.0. The highest BCUT2D eigenvalue weighted by molar-refractivity contribution is 6.09. The molecule has 2 fully saturated rings. The van der Waals surface area contributed by atoms with Gasteiger partial charge in [-0.3, -0.25) is 19.3 Å². The fraction of sp³-hybridized carbons (Fsp3) is 0.524. The largest absolute Gasteiger partial charge is 0.335 e. The number of hydrogen-bond acceptors (Lipinski definition) is 4. The zero-order valence-corrected chi connectivity index (χ0v) is 17.4. The van der Waals surface area contributed by atoms with E-state index in [1.54, 1.807) is 0 Å². The molecule has 5 amide bonds. The smallest absolute Gasteiger partial charge is 0.325 e. The lowest BCUT2D eigenvalue weighted by Gasteiger charge is -2.22. The number of anilines is 1. The number of benzene rings is 1. The van der Waals surface area contributed by atoms with Gasteiger partial charge >= 0.3 is 6.03 Å². The fourth-order valence-electron chi connectivity index (χ4n) is 4.25. The van der Waals surface area contributed by atoms with Crippen LogP contribution in [0.2, 0.25) is 0 Å². The first kappa shape index (κ1) is 20.8. The summed E-state index contributed by atoms with van der Waals surface area (Å²) in [6.07, 6.45) is 2.98. The predicted molar refractivity (Wildman–Crippen MR) is 108 cm³/mol. The number of carbonyl (C=O) groups is 4. The van der Waals surface area contributed by atoms with E-state index in [4.69, 9.17) is 0 Å². The number of imide groups is 1. The highest BCUT2D eigenvalue weighted by Gasteiger charge is 2.52. The molecule has 1 aromatic carbocycles. The van der Waals surface area contributed by atoms with Crippen LogP contribution < -0.4 is 10.6 Å². The Balaban J connectivity index is 1.59. The zero-order chi connectivity index (χ0) is 21.3. The highest BCUT2D eigenvalue weighted by Crippen LogP contribution is 2.34. The van der Waals surface area contributed by atoms with Crippen molar-refractivity contribution < 1.29 is 19.2 Å². The van der Waals surface area contributed by atoms with Crippen LogP contribution in [0, 0.1) is 20.8 Å². The van der Waals surface area contributed by atoms with Crippen LogP contribution >= 0.6 is 0 Å².